The normalized spacial score (nSPS) is 7.09. The van der Waals surface area contributed by atoms with Gasteiger partial charge in [-0.25, -0.2) is 0 Å². The molecule has 0 saturated heterocycles. The van der Waals surface area contributed by atoms with Crippen molar-refractivity contribution in [3.8, 4) is 0 Å². The summed E-state index contributed by atoms with van der Waals surface area (Å²) in [6, 6.07) is 0. The summed E-state index contributed by atoms with van der Waals surface area (Å²) < 4.78 is 4.01. The number of esters is 2. The quantitative estimate of drug-likeness (QED) is 0.202. The Kier molecular flexibility index (Phi) is 19.7. The van der Waals surface area contributed by atoms with Crippen LogP contribution in [0.1, 0.15) is 2.85 Å². The molecule has 0 spiro atoms. The van der Waals surface area contributed by atoms with Gasteiger partial charge in [-0.15, -0.1) is 23.2 Å². The van der Waals surface area contributed by atoms with Crippen LogP contribution in [-0.4, -0.2) is 23.7 Å². The maximum absolute atomic E-state index is 10.1. The van der Waals surface area contributed by atoms with Crippen LogP contribution in [0.3, 0.4) is 0 Å². The summed E-state index contributed by atoms with van der Waals surface area (Å²) in [6.45, 7) is 0. The Labute approximate surface area is 122 Å². The van der Waals surface area contributed by atoms with Crippen LogP contribution in [-0.2, 0) is 14.3 Å². The Hall–Kier alpha value is 1.72. The molecule has 0 amide bonds. The van der Waals surface area contributed by atoms with E-state index in [0.717, 1.165) is 0 Å². The molecule has 11 heavy (non-hydrogen) atoms. The van der Waals surface area contributed by atoms with Gasteiger partial charge in [-0.3, -0.25) is 9.59 Å². The van der Waals surface area contributed by atoms with E-state index in [9.17, 15) is 9.59 Å². The first-order valence-electron chi connectivity index (χ1n) is 2.06. The summed E-state index contributed by atoms with van der Waals surface area (Å²) in [6.07, 6.45) is 0. The number of carbonyl (C=O) groups is 2. The van der Waals surface area contributed by atoms with Crippen LogP contribution in [0.2, 0.25) is 0 Å². The third-order valence-electron chi connectivity index (χ3n) is 0.446. The van der Waals surface area contributed by atoms with E-state index in [1.54, 1.807) is 0 Å². The third-order valence-corrected chi connectivity index (χ3v) is 0.882. The van der Waals surface area contributed by atoms with Gasteiger partial charge in [0.15, 0.2) is 0 Å². The molecular weight excluding hydrogens is 213 g/mol. The van der Waals surface area contributed by atoms with E-state index >= 15 is 0 Å². The molecule has 0 unspecified atom stereocenters. The molecular formula is C4H6Cl2Na2O3. The molecule has 0 N–H and O–H groups in total. The van der Waals surface area contributed by atoms with Gasteiger partial charge in [-0.05, 0) is 0 Å². The Morgan fingerprint density at radius 3 is 1.55 bits per heavy atom. The molecule has 0 radical (unpaired) electrons. The summed E-state index contributed by atoms with van der Waals surface area (Å²) in [5.74, 6) is -2.21. The van der Waals surface area contributed by atoms with Gasteiger partial charge in [0.2, 0.25) is 0 Å². The van der Waals surface area contributed by atoms with Gasteiger partial charge >= 0.3 is 71.1 Å². The molecule has 0 aliphatic rings. The molecule has 0 aliphatic carbocycles. The van der Waals surface area contributed by atoms with Crippen LogP contribution >= 0.6 is 23.2 Å². The van der Waals surface area contributed by atoms with Gasteiger partial charge in [0.1, 0.15) is 11.8 Å². The van der Waals surface area contributed by atoms with E-state index in [-0.39, 0.29) is 73.7 Å². The number of hydrogen-bond donors (Lipinski definition) is 0. The molecule has 3 nitrogen and oxygen atoms in total. The monoisotopic (exact) mass is 218 g/mol. The number of ether oxygens (including phenoxy) is 1. The smallest absolute Gasteiger partial charge is 1.00 e. The van der Waals surface area contributed by atoms with E-state index in [2.05, 4.69) is 4.74 Å². The van der Waals surface area contributed by atoms with Crippen LogP contribution in [0.25, 0.3) is 0 Å². The predicted molar refractivity (Wildman–Crippen MR) is 34.8 cm³/mol. The van der Waals surface area contributed by atoms with Gasteiger partial charge in [-0.2, -0.15) is 0 Å². The van der Waals surface area contributed by atoms with Crippen molar-refractivity contribution in [1.82, 2.24) is 0 Å². The zero-order valence-corrected chi connectivity index (χ0v) is 11.9. The average molecular weight is 219 g/mol. The zero-order valence-electron chi connectivity index (χ0n) is 8.39. The largest absolute Gasteiger partial charge is 1.00 e. The minimum absolute atomic E-state index is 0. The fourth-order valence-electron chi connectivity index (χ4n) is 0.182. The standard InChI is InChI=1S/C4H4Cl2O3.2Na.2H/c5-1-3(7)9-4(8)2-6;;;;/h1-2H2;;;;/q;2*+1;2*-1. The molecule has 0 aromatic carbocycles. The fraction of sp³-hybridized carbons (Fsp3) is 0.500. The van der Waals surface area contributed by atoms with Crippen molar-refractivity contribution in [3.05, 3.63) is 0 Å². The third kappa shape index (κ3) is 11.7. The van der Waals surface area contributed by atoms with Crippen molar-refractivity contribution >= 4 is 35.1 Å². The number of hydrogen-bond acceptors (Lipinski definition) is 3. The zero-order chi connectivity index (χ0) is 7.28. The van der Waals surface area contributed by atoms with E-state index in [1.165, 1.54) is 0 Å². The van der Waals surface area contributed by atoms with Gasteiger partial charge in [-0.1, -0.05) is 0 Å². The minimum atomic E-state index is -0.776. The van der Waals surface area contributed by atoms with Crippen LogP contribution in [0, 0.1) is 0 Å². The van der Waals surface area contributed by atoms with E-state index in [4.69, 9.17) is 23.2 Å². The summed E-state index contributed by atoms with van der Waals surface area (Å²) in [7, 11) is 0. The average Bonchev–Trinajstić information content (AvgIpc) is 1.87. The molecule has 0 rings (SSSR count). The Balaban J connectivity index is -0.0000000533. The Bertz CT molecular complexity index is 125. The fourth-order valence-corrected chi connectivity index (χ4v) is 0.291. The summed E-state index contributed by atoms with van der Waals surface area (Å²) >= 11 is 9.97. The van der Waals surface area contributed by atoms with E-state index in [1.807, 2.05) is 0 Å². The molecule has 0 atom stereocenters. The van der Waals surface area contributed by atoms with Crippen LogP contribution in [0.4, 0.5) is 0 Å². The molecule has 0 aliphatic heterocycles. The first-order chi connectivity index (χ1) is 4.20. The molecule has 0 saturated carbocycles. The first-order valence-corrected chi connectivity index (χ1v) is 3.13. The molecule has 7 heteroatoms. The van der Waals surface area contributed by atoms with Gasteiger partial charge in [0, 0.05) is 0 Å². The van der Waals surface area contributed by atoms with Crippen molar-refractivity contribution in [3.63, 3.8) is 0 Å². The first kappa shape index (κ1) is 18.5. The number of carbonyl (C=O) groups excluding carboxylic acids is 2. The summed E-state index contributed by atoms with van der Waals surface area (Å²) in [4.78, 5) is 20.3. The minimum Gasteiger partial charge on any atom is -1.00 e. The van der Waals surface area contributed by atoms with Gasteiger partial charge in [0.25, 0.3) is 0 Å². The topological polar surface area (TPSA) is 43.4 Å². The van der Waals surface area contributed by atoms with Crippen molar-refractivity contribution in [2.75, 3.05) is 11.8 Å². The number of rotatable bonds is 2. The maximum Gasteiger partial charge on any atom is 1.00 e. The van der Waals surface area contributed by atoms with Crippen LogP contribution in [0.15, 0.2) is 0 Å². The second kappa shape index (κ2) is 11.7. The molecule has 0 bridgehead atoms. The second-order valence-electron chi connectivity index (χ2n) is 1.11. The predicted octanol–water partition coefficient (Wildman–Crippen LogP) is -5.23. The van der Waals surface area contributed by atoms with Gasteiger partial charge < -0.3 is 7.59 Å². The van der Waals surface area contributed by atoms with Crippen molar-refractivity contribution in [2.24, 2.45) is 0 Å². The number of halogens is 2. The molecule has 0 heterocycles. The maximum atomic E-state index is 10.1. The molecule has 0 aromatic rings. The number of alkyl halides is 2. The summed E-state index contributed by atoms with van der Waals surface area (Å²) in [5.41, 5.74) is 0. The van der Waals surface area contributed by atoms with Gasteiger partial charge in [0.05, 0.1) is 0 Å². The SMILES string of the molecule is O=C(CCl)OC(=O)CCl.[H-].[H-].[Na+].[Na+]. The second-order valence-corrected chi connectivity index (χ2v) is 1.65. The molecule has 56 valence electrons. The van der Waals surface area contributed by atoms with E-state index in [0.29, 0.717) is 0 Å². The van der Waals surface area contributed by atoms with Crippen LogP contribution < -0.4 is 59.1 Å². The molecule has 0 aromatic heterocycles. The van der Waals surface area contributed by atoms with E-state index < -0.39 is 11.9 Å². The van der Waals surface area contributed by atoms with Crippen molar-refractivity contribution in [1.29, 1.82) is 0 Å². The Morgan fingerprint density at radius 2 is 1.36 bits per heavy atom. The van der Waals surface area contributed by atoms with Crippen LogP contribution in [0.5, 0.6) is 0 Å². The summed E-state index contributed by atoms with van der Waals surface area (Å²) in [5, 5.41) is 0. The van der Waals surface area contributed by atoms with Crippen molar-refractivity contribution < 1.29 is 76.3 Å². The van der Waals surface area contributed by atoms with Crippen molar-refractivity contribution in [2.45, 2.75) is 0 Å². The Morgan fingerprint density at radius 1 is 1.09 bits per heavy atom. The molecule has 0 fully saturated rings.